The van der Waals surface area contributed by atoms with Crippen LogP contribution in [0.5, 0.6) is 23.0 Å². The van der Waals surface area contributed by atoms with Crippen LogP contribution in [0.2, 0.25) is 0 Å². The second-order valence-corrected chi connectivity index (χ2v) is 30.1. The Bertz CT molecular complexity index is 4490. The van der Waals surface area contributed by atoms with Crippen LogP contribution in [0, 0.1) is 0 Å². The highest BCUT2D eigenvalue weighted by Crippen LogP contribution is 2.40. The van der Waals surface area contributed by atoms with Gasteiger partial charge in [-0.15, -0.1) is 20.4 Å². The molecular weight excluding hydrogens is 1530 g/mol. The van der Waals surface area contributed by atoms with Crippen molar-refractivity contribution in [2.75, 3.05) is 151 Å². The number of benzene rings is 4. The van der Waals surface area contributed by atoms with E-state index < -0.39 is 85.0 Å². The van der Waals surface area contributed by atoms with Gasteiger partial charge in [0.2, 0.25) is 41.2 Å². The van der Waals surface area contributed by atoms with E-state index in [1.807, 2.05) is 64.1 Å². The number of carboxylic acids is 4. The van der Waals surface area contributed by atoms with Crippen LogP contribution in [0.1, 0.15) is 135 Å². The molecule has 0 spiro atoms. The lowest BCUT2D eigenvalue weighted by Gasteiger charge is -2.35. The maximum Gasteiger partial charge on any atom is 0.320 e. The second-order valence-electron chi connectivity index (χ2n) is 30.1. The summed E-state index contributed by atoms with van der Waals surface area (Å²) < 4.78 is 3.09. The van der Waals surface area contributed by atoms with Gasteiger partial charge in [-0.3, -0.25) is 91.3 Å². The van der Waals surface area contributed by atoms with E-state index in [-0.39, 0.29) is 185 Å². The van der Waals surface area contributed by atoms with Crippen molar-refractivity contribution < 1.29 is 93.6 Å². The molecule has 6 aromatic rings. The van der Waals surface area contributed by atoms with Crippen LogP contribution in [0.15, 0.2) is 72.8 Å². The van der Waals surface area contributed by atoms with E-state index in [9.17, 15) is 93.6 Å². The minimum atomic E-state index is -1.38. The molecule has 3 aliphatic heterocycles. The summed E-state index contributed by atoms with van der Waals surface area (Å²) in [4.78, 5) is 158. The standard InChI is InChI=1S/C80H109N19O19/c1-7-81-78(115)75-88-86-73(58-41-56(50(3)4)62(100)43-64(58)102)98(75)54-13-9-52(10-14-54)45-90-31-37-96(38-32-90)68(106)20-17-60(85-67(105)19-18-61(80(117)118)95-35-29-93(48-71(110)111)27-25-92(47-70(108)109)26-28-94(30-36-95)49-72(112)113)77(114)84-23-21-66(104)83-24-22-69(107)97-39-33-91(34-40-97)46-53-11-15-55(16-12-53)99-74(87-89-76(99)79(116)82-8-2)59-42-57(51(5)6)63(101)44-65(59)103/h9-16,41-44,50-51,60-61,100-103H,7-8,17-40,45-49H2,1-6H3,(H,81,115)(H,82,116)(H,83,104)(H,84,114)(H,85,105)(H,108,109)(H,110,111)(H,112,113)(H,117,118)/t60-,61-/m1/s1. The van der Waals surface area contributed by atoms with Gasteiger partial charge in [0.05, 0.1) is 30.8 Å². The average Bonchev–Trinajstić information content (AvgIpc) is 1.61. The maximum absolute atomic E-state index is 14.2. The van der Waals surface area contributed by atoms with Gasteiger partial charge >= 0.3 is 23.9 Å². The van der Waals surface area contributed by atoms with Crippen LogP contribution in [0.3, 0.4) is 0 Å². The molecule has 2 aromatic heterocycles. The zero-order chi connectivity index (χ0) is 85.4. The number of nitrogens with one attached hydrogen (secondary N) is 5. The zero-order valence-corrected chi connectivity index (χ0v) is 67.5. The molecule has 0 unspecified atom stereocenters. The van der Waals surface area contributed by atoms with Crippen LogP contribution >= 0.6 is 0 Å². The molecule has 2 atom stereocenters. The van der Waals surface area contributed by atoms with Gasteiger partial charge in [0.25, 0.3) is 11.8 Å². The number of phenolic OH excluding ortho intramolecular Hbond substituents is 4. The topological polar surface area (TPSA) is 497 Å². The summed E-state index contributed by atoms with van der Waals surface area (Å²) in [7, 11) is 0. The van der Waals surface area contributed by atoms with Crippen molar-refractivity contribution in [2.45, 2.75) is 117 Å². The van der Waals surface area contributed by atoms with Crippen LogP contribution in [-0.2, 0) is 56.2 Å². The normalized spacial score (nSPS) is 15.8. The van der Waals surface area contributed by atoms with Gasteiger partial charge in [0.1, 0.15) is 35.1 Å². The highest BCUT2D eigenvalue weighted by atomic mass is 16.4. The first kappa shape index (κ1) is 90.2. The Kier molecular flexibility index (Phi) is 32.8. The summed E-state index contributed by atoms with van der Waals surface area (Å²) in [5.74, 6) is -8.82. The molecule has 0 bridgehead atoms. The number of rotatable bonds is 36. The van der Waals surface area contributed by atoms with Crippen molar-refractivity contribution in [1.29, 1.82) is 0 Å². The van der Waals surface area contributed by atoms with Gasteiger partial charge in [0, 0.05) is 193 Å². The van der Waals surface area contributed by atoms with Gasteiger partial charge < -0.3 is 77.2 Å². The molecule has 38 heteroatoms. The fourth-order valence-electron chi connectivity index (χ4n) is 14.6. The summed E-state index contributed by atoms with van der Waals surface area (Å²) in [6.45, 7) is 15.0. The summed E-state index contributed by atoms with van der Waals surface area (Å²) in [6, 6.07) is 17.8. The molecule has 9 rings (SSSR count). The largest absolute Gasteiger partial charge is 0.508 e. The van der Waals surface area contributed by atoms with Crippen LogP contribution in [0.4, 0.5) is 0 Å². The molecule has 4 aromatic carbocycles. The number of piperazine rings is 2. The summed E-state index contributed by atoms with van der Waals surface area (Å²) in [6.07, 6.45) is -1.45. The molecule has 118 heavy (non-hydrogen) atoms. The fraction of sp³-hybridized carbons (Fsp3) is 0.512. The predicted octanol–water partition coefficient (Wildman–Crippen LogP) is 1.73. The molecule has 7 amide bonds. The van der Waals surface area contributed by atoms with Crippen molar-refractivity contribution >= 4 is 65.2 Å². The number of carbonyl (C=O) groups excluding carboxylic acids is 7. The van der Waals surface area contributed by atoms with E-state index in [1.54, 1.807) is 57.4 Å². The smallest absolute Gasteiger partial charge is 0.320 e. The molecule has 3 aliphatic rings. The molecule has 0 aliphatic carbocycles. The van der Waals surface area contributed by atoms with Crippen molar-refractivity contribution in [2.24, 2.45) is 0 Å². The Labute approximate surface area is 682 Å². The number of hydrogen-bond donors (Lipinski definition) is 13. The molecule has 0 radical (unpaired) electrons. The van der Waals surface area contributed by atoms with Gasteiger partial charge in [-0.05, 0) is 97.2 Å². The third kappa shape index (κ3) is 25.2. The van der Waals surface area contributed by atoms with Crippen molar-refractivity contribution in [3.05, 3.63) is 107 Å². The molecule has 3 fully saturated rings. The Morgan fingerprint density at radius 2 is 0.805 bits per heavy atom. The monoisotopic (exact) mass is 1640 g/mol. The molecule has 13 N–H and O–H groups in total. The maximum atomic E-state index is 14.2. The van der Waals surface area contributed by atoms with Crippen molar-refractivity contribution in [1.82, 2.24) is 95.3 Å². The number of nitrogens with zero attached hydrogens (tertiary/aromatic N) is 14. The zero-order valence-electron chi connectivity index (χ0n) is 67.5. The number of aromatic hydroxyl groups is 4. The van der Waals surface area contributed by atoms with Crippen molar-refractivity contribution in [3.8, 4) is 57.1 Å². The third-order valence-corrected chi connectivity index (χ3v) is 21.0. The van der Waals surface area contributed by atoms with Crippen LogP contribution < -0.4 is 26.6 Å². The Morgan fingerprint density at radius 3 is 1.19 bits per heavy atom. The molecule has 0 saturated carbocycles. The first-order valence-electron chi connectivity index (χ1n) is 39.8. The quantitative estimate of drug-likeness (QED) is 0.0266. The number of carbonyl (C=O) groups is 11. The summed E-state index contributed by atoms with van der Waals surface area (Å²) in [5.41, 5.74) is 4.58. The predicted molar refractivity (Wildman–Crippen MR) is 429 cm³/mol. The van der Waals surface area contributed by atoms with Gasteiger partial charge in [-0.25, -0.2) is 0 Å². The van der Waals surface area contributed by atoms with E-state index in [4.69, 9.17) is 0 Å². The molecule has 38 nitrogen and oxygen atoms in total. The first-order valence-corrected chi connectivity index (χ1v) is 39.8. The highest BCUT2D eigenvalue weighted by molar-refractivity contribution is 5.93. The average molecular weight is 1640 g/mol. The van der Waals surface area contributed by atoms with Gasteiger partial charge in [-0.2, -0.15) is 0 Å². The lowest BCUT2D eigenvalue weighted by atomic mass is 9.98. The number of amides is 7. The Hall–Kier alpha value is -11.7. The van der Waals surface area contributed by atoms with E-state index in [2.05, 4.69) is 56.8 Å². The summed E-state index contributed by atoms with van der Waals surface area (Å²) in [5, 5.41) is 114. The van der Waals surface area contributed by atoms with Gasteiger partial charge in [-0.1, -0.05) is 52.0 Å². The Balaban J connectivity index is 0.798. The van der Waals surface area contributed by atoms with Gasteiger partial charge in [0.15, 0.2) is 11.6 Å². The minimum Gasteiger partial charge on any atom is -0.508 e. The molecule has 3 saturated heterocycles. The third-order valence-electron chi connectivity index (χ3n) is 21.0. The molecule has 5 heterocycles. The molecular formula is C80H109N19O19. The minimum absolute atomic E-state index is 0.000226. The first-order chi connectivity index (χ1) is 56.4. The Morgan fingerprint density at radius 1 is 0.415 bits per heavy atom. The number of aromatic nitrogens is 6. The number of hydrogen-bond acceptors (Lipinski definition) is 25. The highest BCUT2D eigenvalue weighted by Gasteiger charge is 2.34. The lowest BCUT2D eigenvalue weighted by Crippen LogP contribution is -2.52. The summed E-state index contributed by atoms with van der Waals surface area (Å²) >= 11 is 0. The van der Waals surface area contributed by atoms with Crippen LogP contribution in [0.25, 0.3) is 34.2 Å². The fourth-order valence-corrected chi connectivity index (χ4v) is 14.6. The van der Waals surface area contributed by atoms with Crippen molar-refractivity contribution in [3.63, 3.8) is 0 Å². The second kappa shape index (κ2) is 42.9. The number of carboxylic acid groups (broad SMARTS) is 4. The van der Waals surface area contributed by atoms with E-state index in [0.717, 1.165) is 11.1 Å². The number of phenols is 4. The van der Waals surface area contributed by atoms with E-state index in [0.29, 0.717) is 101 Å². The van der Waals surface area contributed by atoms with E-state index >= 15 is 0 Å². The lowest BCUT2D eigenvalue weighted by molar-refractivity contribution is -0.145. The van der Waals surface area contributed by atoms with Crippen LogP contribution in [-0.4, -0.2) is 337 Å². The number of aliphatic carboxylic acids is 4. The SMILES string of the molecule is CCNC(=O)c1nnc(-c2cc(C(C)C)c(O)cc2O)n1-c1ccc(CN2CCN(C(=O)CCNC(=O)CCNC(=O)[C@@H](CCC(=O)N3CCN(Cc4ccc(-n5c(C(=O)NCC)nnc5-c5cc(C(C)C)c(O)cc5O)cc4)CC3)NC(=O)CC[C@H](C(=O)O)N3CCN(CC(=O)O)CCN(CC(=O)O)CCN(CC(=O)O)CC3)CC2)cc1. The van der Waals surface area contributed by atoms with E-state index in [1.165, 1.54) is 31.4 Å². The molecule has 638 valence electrons.